The lowest BCUT2D eigenvalue weighted by Crippen LogP contribution is -2.19. The first kappa shape index (κ1) is 22.2. The molecule has 1 atom stereocenters. The summed E-state index contributed by atoms with van der Waals surface area (Å²) in [6, 6.07) is 6.87. The molecule has 3 rings (SSSR count). The summed E-state index contributed by atoms with van der Waals surface area (Å²) in [6.07, 6.45) is 2.41. The fourth-order valence-corrected chi connectivity index (χ4v) is 4.38. The third-order valence-electron chi connectivity index (χ3n) is 5.28. The van der Waals surface area contributed by atoms with Gasteiger partial charge in [0.15, 0.2) is 11.5 Å². The number of ether oxygens (including phenoxy) is 2. The van der Waals surface area contributed by atoms with Gasteiger partial charge in [0.1, 0.15) is 5.75 Å². The van der Waals surface area contributed by atoms with Crippen molar-refractivity contribution in [3.05, 3.63) is 35.4 Å². The van der Waals surface area contributed by atoms with E-state index in [2.05, 4.69) is 0 Å². The van der Waals surface area contributed by atoms with E-state index >= 15 is 0 Å². The molecule has 0 radical (unpaired) electrons. The molecule has 0 fully saturated rings. The van der Waals surface area contributed by atoms with Crippen molar-refractivity contribution in [3.63, 3.8) is 0 Å². The van der Waals surface area contributed by atoms with Crippen LogP contribution in [0.5, 0.6) is 23.0 Å². The topological polar surface area (TPSA) is 123 Å². The number of fused-ring (bicyclic) bond motifs is 5. The molecule has 1 aliphatic carbocycles. The molecular weight excluding hydrogens is 412 g/mol. The van der Waals surface area contributed by atoms with Crippen molar-refractivity contribution in [2.24, 2.45) is 0 Å². The molecule has 1 aliphatic rings. The second kappa shape index (κ2) is 9.11. The van der Waals surface area contributed by atoms with Crippen molar-refractivity contribution < 1.29 is 36.8 Å². The minimum Gasteiger partial charge on any atom is -0.507 e. The summed E-state index contributed by atoms with van der Waals surface area (Å²) in [5.41, 5.74) is 2.57. The summed E-state index contributed by atoms with van der Waals surface area (Å²) in [7, 11) is -1.65. The Labute approximate surface area is 176 Å². The molecule has 30 heavy (non-hydrogen) atoms. The number of benzene rings is 2. The molecule has 8 nitrogen and oxygen atoms in total. The van der Waals surface area contributed by atoms with Gasteiger partial charge in [-0.05, 0) is 61.4 Å². The van der Waals surface area contributed by atoms with Gasteiger partial charge in [-0.3, -0.25) is 4.55 Å². The largest absolute Gasteiger partial charge is 0.507 e. The van der Waals surface area contributed by atoms with E-state index in [9.17, 15) is 18.6 Å². The summed E-state index contributed by atoms with van der Waals surface area (Å²) >= 11 is 0. The predicted molar refractivity (Wildman–Crippen MR) is 111 cm³/mol. The van der Waals surface area contributed by atoms with Crippen molar-refractivity contribution in [2.75, 3.05) is 14.2 Å². The van der Waals surface area contributed by atoms with Gasteiger partial charge in [0, 0.05) is 11.1 Å². The summed E-state index contributed by atoms with van der Waals surface area (Å²) in [5, 5.41) is 21.2. The molecule has 2 aromatic carbocycles. The van der Waals surface area contributed by atoms with Crippen LogP contribution in [0.1, 0.15) is 36.8 Å². The van der Waals surface area contributed by atoms with Crippen LogP contribution in [0.25, 0.3) is 11.1 Å². The molecule has 3 N–H and O–H groups in total. The maximum Gasteiger partial charge on any atom is 0.397 e. The van der Waals surface area contributed by atoms with E-state index in [-0.39, 0.29) is 17.2 Å². The van der Waals surface area contributed by atoms with Gasteiger partial charge in [-0.25, -0.2) is 4.18 Å². The summed E-state index contributed by atoms with van der Waals surface area (Å²) in [6.45, 7) is 0. The molecular formula is C21H26O8S. The minimum absolute atomic E-state index is 0.0330. The second-order valence-corrected chi connectivity index (χ2v) is 8.33. The molecule has 2 aromatic rings. The number of hydrogen-bond acceptors (Lipinski definition) is 7. The standard InChI is InChI=1S/C21H26O8S/c1-27-20-17-12-14(19(23)21(20)28-2)5-3-4-6-15(29-30(24,25)26)9-7-13-8-10-18(22)16(17)11-13/h8,10-12,15,22-23H,3-7,9H2,1-2H3,(H,24,25,26)/t15-/m1/s1. The third kappa shape index (κ3) is 4.97. The van der Waals surface area contributed by atoms with E-state index < -0.39 is 16.5 Å². The van der Waals surface area contributed by atoms with Gasteiger partial charge in [-0.1, -0.05) is 12.5 Å². The van der Waals surface area contributed by atoms with Gasteiger partial charge in [-0.2, -0.15) is 8.42 Å². The second-order valence-electron chi connectivity index (χ2n) is 7.28. The van der Waals surface area contributed by atoms with Gasteiger partial charge in [0.2, 0.25) is 5.75 Å². The number of aryl methyl sites for hydroxylation is 2. The van der Waals surface area contributed by atoms with Crippen LogP contribution < -0.4 is 9.47 Å². The third-order valence-corrected chi connectivity index (χ3v) is 5.80. The number of phenols is 2. The molecule has 9 heteroatoms. The Morgan fingerprint density at radius 2 is 1.67 bits per heavy atom. The lowest BCUT2D eigenvalue weighted by Gasteiger charge is -2.18. The van der Waals surface area contributed by atoms with Crippen LogP contribution in [0.2, 0.25) is 0 Å². The van der Waals surface area contributed by atoms with E-state index in [1.807, 2.05) is 0 Å². The van der Waals surface area contributed by atoms with Crippen LogP contribution in [0.3, 0.4) is 0 Å². The molecule has 4 bridgehead atoms. The van der Waals surface area contributed by atoms with Crippen molar-refractivity contribution in [1.82, 2.24) is 0 Å². The molecule has 164 valence electrons. The lowest BCUT2D eigenvalue weighted by molar-refractivity contribution is 0.161. The zero-order chi connectivity index (χ0) is 21.9. The first-order chi connectivity index (χ1) is 14.2. The average Bonchev–Trinajstić information content (AvgIpc) is 2.70. The monoisotopic (exact) mass is 438 g/mol. The van der Waals surface area contributed by atoms with Crippen molar-refractivity contribution >= 4 is 10.4 Å². The number of hydrogen-bond donors (Lipinski definition) is 3. The Morgan fingerprint density at radius 3 is 2.33 bits per heavy atom. The smallest absolute Gasteiger partial charge is 0.397 e. The number of phenolic OH excluding ortho intramolecular Hbond substituents is 2. The van der Waals surface area contributed by atoms with Crippen LogP contribution in [0.4, 0.5) is 0 Å². The fourth-order valence-electron chi connectivity index (χ4n) is 3.85. The Bertz CT molecular complexity index is 1020. The van der Waals surface area contributed by atoms with Crippen LogP contribution in [-0.2, 0) is 27.4 Å². The zero-order valence-corrected chi connectivity index (χ0v) is 17.7. The summed E-state index contributed by atoms with van der Waals surface area (Å²) in [4.78, 5) is 0. The quantitative estimate of drug-likeness (QED) is 0.619. The summed E-state index contributed by atoms with van der Waals surface area (Å²) < 4.78 is 47.2. The van der Waals surface area contributed by atoms with Crippen molar-refractivity contribution in [1.29, 1.82) is 0 Å². The lowest BCUT2D eigenvalue weighted by atomic mass is 9.95. The Kier molecular flexibility index (Phi) is 6.74. The van der Waals surface area contributed by atoms with Crippen LogP contribution in [0.15, 0.2) is 24.3 Å². The van der Waals surface area contributed by atoms with Gasteiger partial charge in [-0.15, -0.1) is 0 Å². The average molecular weight is 438 g/mol. The van der Waals surface area contributed by atoms with Gasteiger partial charge < -0.3 is 19.7 Å². The molecule has 0 saturated carbocycles. The van der Waals surface area contributed by atoms with Crippen LogP contribution >= 0.6 is 0 Å². The number of methoxy groups -OCH3 is 2. The fraction of sp³-hybridized carbons (Fsp3) is 0.429. The number of rotatable bonds is 4. The highest BCUT2D eigenvalue weighted by atomic mass is 32.3. The first-order valence-electron chi connectivity index (χ1n) is 9.68. The minimum atomic E-state index is -4.56. The Hall–Kier alpha value is -2.49. The highest BCUT2D eigenvalue weighted by Crippen LogP contribution is 2.48. The van der Waals surface area contributed by atoms with E-state index in [4.69, 9.17) is 18.2 Å². The van der Waals surface area contributed by atoms with E-state index in [0.29, 0.717) is 61.0 Å². The summed E-state index contributed by atoms with van der Waals surface area (Å²) in [5.74, 6) is 0.511. The van der Waals surface area contributed by atoms with E-state index in [0.717, 1.165) is 5.56 Å². The Balaban J connectivity index is 2.11. The first-order valence-corrected chi connectivity index (χ1v) is 11.0. The van der Waals surface area contributed by atoms with Gasteiger partial charge >= 0.3 is 10.4 Å². The maximum atomic E-state index is 11.2. The van der Waals surface area contributed by atoms with Crippen LogP contribution in [0, 0.1) is 0 Å². The SMILES string of the molecule is COc1c2cc(c(O)c1OC)CCCC[C@@H](OS(=O)(=O)O)CCc1ccc(O)c-2c1. The van der Waals surface area contributed by atoms with E-state index in [1.54, 1.807) is 24.3 Å². The molecule has 0 amide bonds. The Morgan fingerprint density at radius 1 is 0.933 bits per heavy atom. The van der Waals surface area contributed by atoms with Gasteiger partial charge in [0.25, 0.3) is 0 Å². The molecule has 0 aliphatic heterocycles. The number of aromatic hydroxyl groups is 2. The molecule has 0 heterocycles. The van der Waals surface area contributed by atoms with Crippen molar-refractivity contribution in [3.8, 4) is 34.1 Å². The zero-order valence-electron chi connectivity index (χ0n) is 16.9. The maximum absolute atomic E-state index is 11.2. The van der Waals surface area contributed by atoms with Crippen molar-refractivity contribution in [2.45, 2.75) is 44.6 Å². The molecule has 0 saturated heterocycles. The normalized spacial score (nSPS) is 17.4. The molecule has 0 unspecified atom stereocenters. The highest BCUT2D eigenvalue weighted by Gasteiger charge is 2.23. The molecule has 0 spiro atoms. The molecule has 0 aromatic heterocycles. The predicted octanol–water partition coefficient (Wildman–Crippen LogP) is 3.63. The van der Waals surface area contributed by atoms with E-state index in [1.165, 1.54) is 14.2 Å². The highest BCUT2D eigenvalue weighted by molar-refractivity contribution is 7.80. The van der Waals surface area contributed by atoms with Crippen LogP contribution in [-0.4, -0.2) is 43.5 Å². The van der Waals surface area contributed by atoms with Gasteiger partial charge in [0.05, 0.1) is 20.3 Å².